The van der Waals surface area contributed by atoms with Gasteiger partial charge in [0.2, 0.25) is 0 Å². The van der Waals surface area contributed by atoms with Gasteiger partial charge in [0.25, 0.3) is 11.5 Å². The number of amides is 1. The number of benzene rings is 1. The zero-order valence-electron chi connectivity index (χ0n) is 15.0. The number of rotatable bonds is 6. The predicted octanol–water partition coefficient (Wildman–Crippen LogP) is 4.07. The van der Waals surface area contributed by atoms with Crippen LogP contribution in [0.1, 0.15) is 42.1 Å². The number of halogens is 1. The number of unbranched alkanes of at least 4 members (excludes halogenated alkanes) is 1. The second kappa shape index (κ2) is 8.45. The molecule has 6 nitrogen and oxygen atoms in total. The van der Waals surface area contributed by atoms with Crippen molar-refractivity contribution in [1.82, 2.24) is 15.2 Å². The van der Waals surface area contributed by atoms with Crippen LogP contribution in [0, 0.1) is 0 Å². The van der Waals surface area contributed by atoms with Gasteiger partial charge in [0, 0.05) is 11.9 Å². The van der Waals surface area contributed by atoms with Crippen molar-refractivity contribution >= 4 is 45.3 Å². The Hall–Kier alpha value is -2.51. The molecule has 0 bridgehead atoms. The van der Waals surface area contributed by atoms with Crippen molar-refractivity contribution in [2.75, 3.05) is 0 Å². The predicted molar refractivity (Wildman–Crippen MR) is 110 cm³/mol. The minimum absolute atomic E-state index is 0.182. The lowest BCUT2D eigenvalue weighted by atomic mass is 10.1. The molecule has 0 unspecified atom stereocenters. The number of aromatic nitrogens is 2. The summed E-state index contributed by atoms with van der Waals surface area (Å²) in [7, 11) is 0. The molecule has 3 rings (SSSR count). The molecule has 1 N–H and O–H groups in total. The van der Waals surface area contributed by atoms with Crippen molar-refractivity contribution in [2.24, 2.45) is 5.10 Å². The lowest BCUT2D eigenvalue weighted by Crippen LogP contribution is -2.29. The van der Waals surface area contributed by atoms with E-state index in [0.29, 0.717) is 27.4 Å². The number of aryl methyl sites for hydroxylation is 1. The largest absolute Gasteiger partial charge is 0.292 e. The molecule has 0 aliphatic heterocycles. The van der Waals surface area contributed by atoms with Gasteiger partial charge in [-0.15, -0.1) is 11.3 Å². The minimum Gasteiger partial charge on any atom is -0.267 e. The normalized spacial score (nSPS) is 11.7. The van der Waals surface area contributed by atoms with Crippen LogP contribution in [0.5, 0.6) is 0 Å². The maximum Gasteiger partial charge on any atom is 0.292 e. The van der Waals surface area contributed by atoms with Gasteiger partial charge in [-0.05, 0) is 31.5 Å². The highest BCUT2D eigenvalue weighted by Gasteiger charge is 2.16. The molecule has 2 heterocycles. The Bertz CT molecular complexity index is 1070. The fraction of sp³-hybridized carbons (Fsp3) is 0.263. The van der Waals surface area contributed by atoms with Gasteiger partial charge in [-0.1, -0.05) is 43.1 Å². The first-order valence-corrected chi connectivity index (χ1v) is 9.81. The average Bonchev–Trinajstić information content (AvgIpc) is 3.12. The second-order valence-electron chi connectivity index (χ2n) is 6.02. The lowest BCUT2D eigenvalue weighted by molar-refractivity contribution is 0.0949. The Labute approximate surface area is 165 Å². The summed E-state index contributed by atoms with van der Waals surface area (Å²) in [4.78, 5) is 26.2. The molecular formula is C19H19ClN4O2S. The van der Waals surface area contributed by atoms with Crippen molar-refractivity contribution < 1.29 is 4.79 Å². The van der Waals surface area contributed by atoms with E-state index in [4.69, 9.17) is 11.6 Å². The number of nitrogens with zero attached hydrogens (tertiary/aromatic N) is 3. The molecule has 0 atom stereocenters. The van der Waals surface area contributed by atoms with Crippen LogP contribution in [0.2, 0.25) is 4.34 Å². The minimum atomic E-state index is -0.460. The van der Waals surface area contributed by atoms with Gasteiger partial charge in [0.1, 0.15) is 0 Å². The monoisotopic (exact) mass is 402 g/mol. The highest BCUT2D eigenvalue weighted by Crippen LogP contribution is 2.22. The number of nitrogens with one attached hydrogen (secondary N) is 1. The Kier molecular flexibility index (Phi) is 6.03. The smallest absolute Gasteiger partial charge is 0.267 e. The van der Waals surface area contributed by atoms with Crippen molar-refractivity contribution in [3.8, 4) is 0 Å². The second-order valence-corrected chi connectivity index (χ2v) is 7.73. The first-order chi connectivity index (χ1) is 13.0. The van der Waals surface area contributed by atoms with Crippen LogP contribution in [0.3, 0.4) is 0 Å². The summed E-state index contributed by atoms with van der Waals surface area (Å²) in [6, 6.07) is 10.6. The van der Waals surface area contributed by atoms with E-state index >= 15 is 0 Å². The van der Waals surface area contributed by atoms with Crippen molar-refractivity contribution in [2.45, 2.75) is 33.2 Å². The molecule has 3 aromatic rings. The summed E-state index contributed by atoms with van der Waals surface area (Å²) in [5, 5.41) is 9.43. The summed E-state index contributed by atoms with van der Waals surface area (Å²) in [5.41, 5.74) is 3.17. The number of hydrazone groups is 1. The summed E-state index contributed by atoms with van der Waals surface area (Å²) in [6.07, 6.45) is 1.73. The van der Waals surface area contributed by atoms with Crippen LogP contribution < -0.4 is 11.0 Å². The van der Waals surface area contributed by atoms with Crippen LogP contribution in [0.4, 0.5) is 0 Å². The third-order valence-corrected chi connectivity index (χ3v) is 5.40. The highest BCUT2D eigenvalue weighted by molar-refractivity contribution is 7.18. The van der Waals surface area contributed by atoms with E-state index in [-0.39, 0.29) is 11.3 Å². The van der Waals surface area contributed by atoms with E-state index in [1.54, 1.807) is 37.3 Å². The van der Waals surface area contributed by atoms with Gasteiger partial charge >= 0.3 is 0 Å². The van der Waals surface area contributed by atoms with Gasteiger partial charge in [-0.2, -0.15) is 10.2 Å². The number of carbonyl (C=O) groups is 1. The van der Waals surface area contributed by atoms with Crippen molar-refractivity contribution in [1.29, 1.82) is 0 Å². The zero-order valence-corrected chi connectivity index (χ0v) is 16.6. The maximum atomic E-state index is 12.7. The quantitative estimate of drug-likeness (QED) is 0.498. The summed E-state index contributed by atoms with van der Waals surface area (Å²) >= 11 is 7.32. The number of fused-ring (bicyclic) bond motifs is 1. The van der Waals surface area contributed by atoms with Gasteiger partial charge in [0.15, 0.2) is 5.69 Å². The molecule has 1 aromatic carbocycles. The molecule has 0 aliphatic rings. The zero-order chi connectivity index (χ0) is 19.4. The van der Waals surface area contributed by atoms with Crippen LogP contribution in [-0.4, -0.2) is 21.4 Å². The van der Waals surface area contributed by atoms with E-state index in [1.165, 1.54) is 16.0 Å². The molecule has 8 heteroatoms. The molecule has 0 aliphatic carbocycles. The Morgan fingerprint density at radius 1 is 1.26 bits per heavy atom. The molecule has 0 spiro atoms. The van der Waals surface area contributed by atoms with Gasteiger partial charge in [-0.3, -0.25) is 9.59 Å². The van der Waals surface area contributed by atoms with Crippen LogP contribution in [0.25, 0.3) is 10.8 Å². The van der Waals surface area contributed by atoms with E-state index in [2.05, 4.69) is 15.6 Å². The molecule has 1 amide bonds. The Morgan fingerprint density at radius 3 is 2.67 bits per heavy atom. The van der Waals surface area contributed by atoms with Crippen LogP contribution in [0.15, 0.2) is 46.3 Å². The highest BCUT2D eigenvalue weighted by atomic mass is 35.5. The SMILES string of the molecule is CCCCn1nc(C(=O)N/N=C(/C)c2ccc(Cl)s2)c2ccccc2c1=O. The first kappa shape index (κ1) is 19.3. The van der Waals surface area contributed by atoms with Crippen LogP contribution >= 0.6 is 22.9 Å². The molecule has 0 saturated carbocycles. The summed E-state index contributed by atoms with van der Waals surface area (Å²) < 4.78 is 2.01. The fourth-order valence-corrected chi connectivity index (χ4v) is 3.60. The molecular weight excluding hydrogens is 384 g/mol. The van der Waals surface area contributed by atoms with Crippen molar-refractivity contribution in [3.63, 3.8) is 0 Å². The fourth-order valence-electron chi connectivity index (χ4n) is 2.61. The third kappa shape index (κ3) is 4.26. The van der Waals surface area contributed by atoms with E-state index in [9.17, 15) is 9.59 Å². The number of carbonyl (C=O) groups excluding carboxylic acids is 1. The van der Waals surface area contributed by atoms with Gasteiger partial charge in [0.05, 0.1) is 20.3 Å². The average molecular weight is 403 g/mol. The molecule has 140 valence electrons. The molecule has 27 heavy (non-hydrogen) atoms. The van der Waals surface area contributed by atoms with Crippen LogP contribution in [-0.2, 0) is 6.54 Å². The maximum absolute atomic E-state index is 12.7. The Balaban J connectivity index is 1.96. The molecule has 0 radical (unpaired) electrons. The molecule has 0 fully saturated rings. The van der Waals surface area contributed by atoms with Gasteiger partial charge < -0.3 is 0 Å². The molecule has 0 saturated heterocycles. The third-order valence-electron chi connectivity index (χ3n) is 4.06. The topological polar surface area (TPSA) is 76.3 Å². The lowest BCUT2D eigenvalue weighted by Gasteiger charge is -2.10. The standard InChI is InChI=1S/C19H19ClN4O2S/c1-3-4-11-24-19(26)14-8-6-5-7-13(14)17(23-24)18(25)22-21-12(2)15-9-10-16(20)27-15/h5-10H,3-4,11H2,1-2H3,(H,22,25)/b21-12-. The number of hydrogen-bond donors (Lipinski definition) is 1. The summed E-state index contributed by atoms with van der Waals surface area (Å²) in [5.74, 6) is -0.460. The van der Waals surface area contributed by atoms with Crippen molar-refractivity contribution in [3.05, 3.63) is 61.7 Å². The van der Waals surface area contributed by atoms with E-state index < -0.39 is 5.91 Å². The van der Waals surface area contributed by atoms with Gasteiger partial charge in [-0.25, -0.2) is 10.1 Å². The summed E-state index contributed by atoms with van der Waals surface area (Å²) in [6.45, 7) is 4.29. The van der Waals surface area contributed by atoms with E-state index in [1.807, 2.05) is 13.0 Å². The van der Waals surface area contributed by atoms with E-state index in [0.717, 1.165) is 17.7 Å². The first-order valence-electron chi connectivity index (χ1n) is 8.61. The molecule has 2 aromatic heterocycles. The number of hydrogen-bond acceptors (Lipinski definition) is 5. The number of thiophene rings is 1. The Morgan fingerprint density at radius 2 is 2.00 bits per heavy atom.